The average molecular weight is 682 g/mol. The van der Waals surface area contributed by atoms with Gasteiger partial charge in [0.15, 0.2) is 0 Å². The number of phenols is 4. The largest absolute Gasteiger partial charge is 0.507 e. The van der Waals surface area contributed by atoms with Crippen molar-refractivity contribution in [3.8, 4) is 23.0 Å². The fraction of sp³-hybridized carbons (Fsp3) is 0.250. The molecule has 0 saturated carbocycles. The Hall–Kier alpha value is -2.92. The lowest BCUT2D eigenvalue weighted by molar-refractivity contribution is 0.0932. The molecule has 5 rings (SSSR count). The highest BCUT2D eigenvalue weighted by atomic mass is 35.5. The van der Waals surface area contributed by atoms with Crippen molar-refractivity contribution in [1.82, 2.24) is 0 Å². The predicted molar refractivity (Wildman–Crippen MR) is 166 cm³/mol. The van der Waals surface area contributed by atoms with Gasteiger partial charge >= 0.3 is 0 Å². The number of rotatable bonds is 0. The predicted octanol–water partition coefficient (Wildman–Crippen LogP) is 8.30. The van der Waals surface area contributed by atoms with Crippen LogP contribution >= 0.6 is 46.4 Å². The SMILES string of the molecule is Oc1c2cc(Cl)cc1COCc1cc(Cl)cc(c1O)COCc1cc(Cl)cc(c1O)COCc1cc(Cl)cc(c1O)COC2. The molecular weight excluding hydrogens is 654 g/mol. The van der Waals surface area contributed by atoms with Gasteiger partial charge in [-0.2, -0.15) is 0 Å². The minimum Gasteiger partial charge on any atom is -0.507 e. The van der Waals surface area contributed by atoms with Crippen LogP contribution in [0.5, 0.6) is 23.0 Å². The standard InChI is InChI=1S/C32H28Cl4O8/c33-25-1-17-9-41-11-19-3-26(34)5-21(30(19)38)13-43-15-23-7-28(36)8-24(32(23)40)16-44-14-22-6-27(35)4-20(31(22)39)12-42-10-18(2-25)29(17)37/h1-8,37-40H,9-16H2. The Morgan fingerprint density at radius 1 is 0.318 bits per heavy atom. The molecule has 232 valence electrons. The number of phenolic OH excluding ortho intramolecular Hbond substituents is 4. The maximum absolute atomic E-state index is 10.9. The van der Waals surface area contributed by atoms with Gasteiger partial charge in [-0.3, -0.25) is 0 Å². The van der Waals surface area contributed by atoms with Crippen LogP contribution in [0.4, 0.5) is 0 Å². The second-order valence-corrected chi connectivity index (χ2v) is 12.0. The molecule has 0 amide bonds. The van der Waals surface area contributed by atoms with E-state index in [1.807, 2.05) is 0 Å². The molecule has 0 saturated heterocycles. The van der Waals surface area contributed by atoms with Crippen LogP contribution in [-0.4, -0.2) is 20.4 Å². The lowest BCUT2D eigenvalue weighted by Crippen LogP contribution is -2.03. The molecule has 0 radical (unpaired) electrons. The van der Waals surface area contributed by atoms with Gasteiger partial charge < -0.3 is 39.4 Å². The van der Waals surface area contributed by atoms with E-state index >= 15 is 0 Å². The molecule has 8 bridgehead atoms. The number of fused-ring (bicyclic) bond motifs is 8. The van der Waals surface area contributed by atoms with Crippen molar-refractivity contribution >= 4 is 46.4 Å². The topological polar surface area (TPSA) is 118 Å². The highest BCUT2D eigenvalue weighted by molar-refractivity contribution is 6.31. The fourth-order valence-electron chi connectivity index (χ4n) is 4.83. The summed E-state index contributed by atoms with van der Waals surface area (Å²) in [6.07, 6.45) is 0. The van der Waals surface area contributed by atoms with Crippen molar-refractivity contribution in [3.63, 3.8) is 0 Å². The molecule has 12 heteroatoms. The van der Waals surface area contributed by atoms with Crippen LogP contribution in [0.25, 0.3) is 0 Å². The Balaban J connectivity index is 1.45. The summed E-state index contributed by atoms with van der Waals surface area (Å²) in [6.45, 7) is -0.175. The second kappa shape index (κ2) is 14.5. The Morgan fingerprint density at radius 2 is 0.455 bits per heavy atom. The Labute approximate surface area is 273 Å². The first-order valence-electron chi connectivity index (χ1n) is 13.4. The number of benzene rings is 4. The van der Waals surface area contributed by atoms with Crippen LogP contribution in [-0.2, 0) is 71.8 Å². The zero-order chi connectivity index (χ0) is 31.4. The van der Waals surface area contributed by atoms with Gasteiger partial charge in [-0.1, -0.05) is 46.4 Å². The van der Waals surface area contributed by atoms with E-state index in [0.717, 1.165) is 0 Å². The van der Waals surface area contributed by atoms with Crippen molar-refractivity contribution in [1.29, 1.82) is 0 Å². The Bertz CT molecular complexity index is 1330. The zero-order valence-corrected chi connectivity index (χ0v) is 26.2. The molecule has 0 spiro atoms. The Kier molecular flexibility index (Phi) is 10.7. The molecule has 1 aliphatic rings. The number of hydrogen-bond acceptors (Lipinski definition) is 8. The van der Waals surface area contributed by atoms with Crippen LogP contribution in [0.15, 0.2) is 48.5 Å². The van der Waals surface area contributed by atoms with Crippen molar-refractivity contribution in [2.75, 3.05) is 0 Å². The van der Waals surface area contributed by atoms with E-state index in [1.165, 1.54) is 0 Å². The van der Waals surface area contributed by atoms with Gasteiger partial charge in [-0.15, -0.1) is 0 Å². The molecular formula is C32H28Cl4O8. The third kappa shape index (κ3) is 7.83. The van der Waals surface area contributed by atoms with Crippen LogP contribution in [0.1, 0.15) is 44.5 Å². The van der Waals surface area contributed by atoms with Crippen LogP contribution in [0.3, 0.4) is 0 Å². The molecule has 0 aromatic heterocycles. The van der Waals surface area contributed by atoms with Gasteiger partial charge in [0.05, 0.1) is 52.9 Å². The van der Waals surface area contributed by atoms with E-state index in [1.54, 1.807) is 48.5 Å². The van der Waals surface area contributed by atoms with Gasteiger partial charge in [0.1, 0.15) is 23.0 Å². The molecule has 8 nitrogen and oxygen atoms in total. The van der Waals surface area contributed by atoms with Crippen molar-refractivity contribution in [2.24, 2.45) is 0 Å². The summed E-state index contributed by atoms with van der Waals surface area (Å²) in [7, 11) is 0. The summed E-state index contributed by atoms with van der Waals surface area (Å²) in [5.41, 5.74) is 3.34. The average Bonchev–Trinajstić information content (AvgIpc) is 2.97. The van der Waals surface area contributed by atoms with E-state index in [9.17, 15) is 20.4 Å². The lowest BCUT2D eigenvalue weighted by Gasteiger charge is -2.16. The molecule has 1 aliphatic heterocycles. The first-order chi connectivity index (χ1) is 21.1. The Morgan fingerprint density at radius 3 is 0.591 bits per heavy atom. The van der Waals surface area contributed by atoms with E-state index in [2.05, 4.69) is 0 Å². The summed E-state index contributed by atoms with van der Waals surface area (Å²) < 4.78 is 23.2. The van der Waals surface area contributed by atoms with Gasteiger partial charge in [0.2, 0.25) is 0 Å². The number of hydrogen-bond donors (Lipinski definition) is 4. The van der Waals surface area contributed by atoms with Gasteiger partial charge in [0.25, 0.3) is 0 Å². The quantitative estimate of drug-likeness (QED) is 0.146. The third-order valence-electron chi connectivity index (χ3n) is 6.99. The van der Waals surface area contributed by atoms with E-state index in [4.69, 9.17) is 65.4 Å². The van der Waals surface area contributed by atoms with Crippen molar-refractivity contribution in [3.05, 3.63) is 113 Å². The molecule has 0 fully saturated rings. The number of aromatic hydroxyl groups is 4. The number of halogens is 4. The molecule has 44 heavy (non-hydrogen) atoms. The summed E-state index contributed by atoms with van der Waals surface area (Å²) in [6, 6.07) is 12.6. The normalized spacial score (nSPS) is 15.0. The highest BCUT2D eigenvalue weighted by Gasteiger charge is 2.17. The third-order valence-corrected chi connectivity index (χ3v) is 7.86. The zero-order valence-electron chi connectivity index (χ0n) is 23.2. The lowest BCUT2D eigenvalue weighted by atomic mass is 10.1. The van der Waals surface area contributed by atoms with Gasteiger partial charge in [0, 0.05) is 64.6 Å². The van der Waals surface area contributed by atoms with Crippen LogP contribution in [0, 0.1) is 0 Å². The van der Waals surface area contributed by atoms with Crippen molar-refractivity contribution < 1.29 is 39.4 Å². The molecule has 0 atom stereocenters. The smallest absolute Gasteiger partial charge is 0.126 e. The summed E-state index contributed by atoms with van der Waals surface area (Å²) in [4.78, 5) is 0. The molecule has 4 aromatic carbocycles. The number of ether oxygens (including phenoxy) is 4. The van der Waals surface area contributed by atoms with Crippen molar-refractivity contribution in [2.45, 2.75) is 52.9 Å². The van der Waals surface area contributed by atoms with E-state index < -0.39 is 0 Å². The molecule has 4 N–H and O–H groups in total. The van der Waals surface area contributed by atoms with Crippen LogP contribution in [0.2, 0.25) is 20.1 Å². The first-order valence-corrected chi connectivity index (χ1v) is 14.9. The molecule has 0 unspecified atom stereocenters. The summed E-state index contributed by atoms with van der Waals surface area (Å²) in [5, 5.41) is 45.0. The summed E-state index contributed by atoms with van der Waals surface area (Å²) in [5.74, 6) is -0.207. The monoisotopic (exact) mass is 680 g/mol. The molecule has 1 heterocycles. The maximum atomic E-state index is 10.9. The van der Waals surface area contributed by atoms with Crippen LogP contribution < -0.4 is 0 Å². The highest BCUT2D eigenvalue weighted by Crippen LogP contribution is 2.34. The molecule has 4 aromatic rings. The molecule has 0 aliphatic carbocycles. The first kappa shape index (κ1) is 32.5. The minimum absolute atomic E-state index is 0.0218. The van der Waals surface area contributed by atoms with E-state index in [0.29, 0.717) is 64.6 Å². The van der Waals surface area contributed by atoms with E-state index in [-0.39, 0.29) is 75.9 Å². The maximum Gasteiger partial charge on any atom is 0.126 e. The fourth-order valence-corrected chi connectivity index (χ4v) is 5.89. The second-order valence-electron chi connectivity index (χ2n) is 10.3. The minimum atomic E-state index is -0.0516. The summed E-state index contributed by atoms with van der Waals surface area (Å²) >= 11 is 25.3. The van der Waals surface area contributed by atoms with Gasteiger partial charge in [-0.25, -0.2) is 0 Å². The van der Waals surface area contributed by atoms with Gasteiger partial charge in [-0.05, 0) is 48.5 Å².